The third-order valence-electron chi connectivity index (χ3n) is 11.5. The van der Waals surface area contributed by atoms with Gasteiger partial charge in [0.2, 0.25) is 5.79 Å². The number of cyclic esters (lactones) is 1. The summed E-state index contributed by atoms with van der Waals surface area (Å²) in [5.74, 6) is 0.149. The van der Waals surface area contributed by atoms with Crippen molar-refractivity contribution in [1.29, 1.82) is 0 Å². The first-order valence-corrected chi connectivity index (χ1v) is 13.1. The lowest BCUT2D eigenvalue weighted by Crippen LogP contribution is -2.54. The Bertz CT molecular complexity index is 967. The number of ether oxygens (including phenoxy) is 2. The summed E-state index contributed by atoms with van der Waals surface area (Å²) in [4.78, 5) is 24.3. The summed E-state index contributed by atoms with van der Waals surface area (Å²) in [5.41, 5.74) is 1.43. The molecule has 0 aromatic heterocycles. The number of carbonyl (C=O) groups is 2. The summed E-state index contributed by atoms with van der Waals surface area (Å²) in [6, 6.07) is 0. The lowest BCUT2D eigenvalue weighted by atomic mass is 9.47. The van der Waals surface area contributed by atoms with Gasteiger partial charge in [0.25, 0.3) is 0 Å². The molecule has 180 valence electrons. The topological polar surface area (TPSA) is 72.8 Å². The molecule has 5 fully saturated rings. The van der Waals surface area contributed by atoms with Crippen LogP contribution < -0.4 is 0 Å². The van der Waals surface area contributed by atoms with Gasteiger partial charge in [-0.25, -0.2) is 0 Å². The highest BCUT2D eigenvalue weighted by Crippen LogP contribution is 2.70. The zero-order chi connectivity index (χ0) is 23.5. The van der Waals surface area contributed by atoms with E-state index in [1.807, 2.05) is 19.9 Å². The summed E-state index contributed by atoms with van der Waals surface area (Å²) in [5, 5.41) is 11.8. The molecule has 3 saturated carbocycles. The molecule has 0 aromatic carbocycles. The minimum absolute atomic E-state index is 0.00726. The van der Waals surface area contributed by atoms with Crippen molar-refractivity contribution in [3.05, 3.63) is 23.8 Å². The van der Waals surface area contributed by atoms with Crippen molar-refractivity contribution in [2.24, 2.45) is 52.3 Å². The van der Waals surface area contributed by atoms with E-state index in [2.05, 4.69) is 26.8 Å². The monoisotopic (exact) mass is 454 g/mol. The second-order valence-corrected chi connectivity index (χ2v) is 12.6. The minimum Gasteiger partial charge on any atom is -0.456 e. The fraction of sp³-hybridized carbons (Fsp3) is 0.786. The van der Waals surface area contributed by atoms with Gasteiger partial charge in [0.1, 0.15) is 0 Å². The quantitative estimate of drug-likeness (QED) is 0.593. The van der Waals surface area contributed by atoms with Crippen LogP contribution in [0.1, 0.15) is 66.7 Å². The van der Waals surface area contributed by atoms with E-state index in [1.54, 1.807) is 6.08 Å². The molecule has 2 heterocycles. The maximum absolute atomic E-state index is 12.2. The fourth-order valence-electron chi connectivity index (χ4n) is 9.45. The van der Waals surface area contributed by atoms with Crippen LogP contribution in [0.15, 0.2) is 23.8 Å². The van der Waals surface area contributed by atoms with Gasteiger partial charge < -0.3 is 14.6 Å². The van der Waals surface area contributed by atoms with Crippen molar-refractivity contribution in [3.8, 4) is 0 Å². The standard InChI is InChI=1S/C28H38O5/c1-14-15(2)25(30)32-24(14)28(31)16(3)23-22(33-28)13-21-19-7-6-17-12-18(29)8-10-26(17,4)20(19)9-11-27(21,23)5/h8,10,12,14-16,19-24,31H,6-7,9,11,13H2,1-5H3/t14-,15+,16+,19-,20+,21+,22+,23+,24+,26+,27+,28-/m1/s1. The van der Waals surface area contributed by atoms with E-state index < -0.39 is 11.9 Å². The molecule has 33 heavy (non-hydrogen) atoms. The van der Waals surface area contributed by atoms with Crippen molar-refractivity contribution in [3.63, 3.8) is 0 Å². The number of aliphatic hydroxyl groups is 1. The summed E-state index contributed by atoms with van der Waals surface area (Å²) in [7, 11) is 0. The molecule has 0 amide bonds. The van der Waals surface area contributed by atoms with Crippen LogP contribution in [-0.2, 0) is 19.1 Å². The number of carbonyl (C=O) groups excluding carboxylic acids is 2. The summed E-state index contributed by atoms with van der Waals surface area (Å²) < 4.78 is 12.2. The van der Waals surface area contributed by atoms with E-state index in [0.29, 0.717) is 17.8 Å². The van der Waals surface area contributed by atoms with Gasteiger partial charge in [0.15, 0.2) is 11.9 Å². The molecule has 6 aliphatic rings. The van der Waals surface area contributed by atoms with Gasteiger partial charge in [-0.1, -0.05) is 46.3 Å². The van der Waals surface area contributed by atoms with Crippen molar-refractivity contribution >= 4 is 11.8 Å². The summed E-state index contributed by atoms with van der Waals surface area (Å²) >= 11 is 0. The van der Waals surface area contributed by atoms with Gasteiger partial charge in [-0.15, -0.1) is 0 Å². The molecule has 0 bridgehead atoms. The van der Waals surface area contributed by atoms with Crippen LogP contribution in [0, 0.1) is 52.3 Å². The summed E-state index contributed by atoms with van der Waals surface area (Å²) in [6.45, 7) is 10.8. The molecular weight excluding hydrogens is 416 g/mol. The normalized spacial score (nSPS) is 57.2. The van der Waals surface area contributed by atoms with Crippen LogP contribution in [0.4, 0.5) is 0 Å². The molecule has 12 atom stereocenters. The Morgan fingerprint density at radius 2 is 1.85 bits per heavy atom. The maximum atomic E-state index is 12.2. The smallest absolute Gasteiger partial charge is 0.309 e. The van der Waals surface area contributed by atoms with Crippen molar-refractivity contribution < 1.29 is 24.2 Å². The molecule has 4 aliphatic carbocycles. The molecule has 5 heteroatoms. The lowest BCUT2D eigenvalue weighted by molar-refractivity contribution is -0.270. The highest BCUT2D eigenvalue weighted by atomic mass is 16.7. The molecular formula is C28H38O5. The number of hydrogen-bond acceptors (Lipinski definition) is 5. The molecule has 2 aliphatic heterocycles. The maximum Gasteiger partial charge on any atom is 0.309 e. The number of rotatable bonds is 1. The Kier molecular flexibility index (Phi) is 4.55. The zero-order valence-electron chi connectivity index (χ0n) is 20.5. The van der Waals surface area contributed by atoms with E-state index in [0.717, 1.165) is 32.1 Å². The number of fused-ring (bicyclic) bond motifs is 7. The Hall–Kier alpha value is -1.46. The predicted molar refractivity (Wildman–Crippen MR) is 123 cm³/mol. The van der Waals surface area contributed by atoms with Crippen LogP contribution in [-0.4, -0.2) is 34.9 Å². The molecule has 0 unspecified atom stereocenters. The minimum atomic E-state index is -1.40. The first-order valence-electron chi connectivity index (χ1n) is 13.1. The van der Waals surface area contributed by atoms with Gasteiger partial charge in [0.05, 0.1) is 12.0 Å². The lowest BCUT2D eigenvalue weighted by Gasteiger charge is -2.57. The average Bonchev–Trinajstić information content (AvgIpc) is 3.31. The highest BCUT2D eigenvalue weighted by molar-refractivity contribution is 6.01. The number of allylic oxidation sites excluding steroid dienone is 4. The Balaban J connectivity index is 1.29. The first kappa shape index (κ1) is 22.0. The molecule has 6 rings (SSSR count). The van der Waals surface area contributed by atoms with Crippen LogP contribution in [0.5, 0.6) is 0 Å². The van der Waals surface area contributed by atoms with Crippen LogP contribution in [0.2, 0.25) is 0 Å². The largest absolute Gasteiger partial charge is 0.456 e. The fourth-order valence-corrected chi connectivity index (χ4v) is 9.45. The van der Waals surface area contributed by atoms with Gasteiger partial charge in [-0.3, -0.25) is 9.59 Å². The van der Waals surface area contributed by atoms with Crippen LogP contribution in [0.25, 0.3) is 0 Å². The van der Waals surface area contributed by atoms with Crippen molar-refractivity contribution in [2.45, 2.75) is 84.7 Å². The van der Waals surface area contributed by atoms with Gasteiger partial charge >= 0.3 is 5.97 Å². The van der Waals surface area contributed by atoms with E-state index in [-0.39, 0.29) is 52.4 Å². The molecule has 0 aromatic rings. The second-order valence-electron chi connectivity index (χ2n) is 12.6. The molecule has 0 radical (unpaired) electrons. The Morgan fingerprint density at radius 1 is 1.09 bits per heavy atom. The van der Waals surface area contributed by atoms with Gasteiger partial charge in [-0.05, 0) is 73.3 Å². The molecule has 2 saturated heterocycles. The number of ketones is 1. The SMILES string of the molecule is C[C@@H]1[C@H](C)C(=O)O[C@@H]1[C@]1(O)O[C@H]2C[C@H]3[C@@H]4CCC5=CC(=O)C=C[C@]5(C)[C@H]4CC[C@]3(C)[C@H]2[C@@H]1C. The van der Waals surface area contributed by atoms with E-state index in [4.69, 9.17) is 9.47 Å². The Morgan fingerprint density at radius 3 is 2.55 bits per heavy atom. The van der Waals surface area contributed by atoms with Gasteiger partial charge in [-0.2, -0.15) is 0 Å². The van der Waals surface area contributed by atoms with E-state index in [1.165, 1.54) is 5.57 Å². The molecule has 1 N–H and O–H groups in total. The first-order chi connectivity index (χ1) is 15.5. The Labute approximate surface area is 197 Å². The van der Waals surface area contributed by atoms with Crippen molar-refractivity contribution in [1.82, 2.24) is 0 Å². The van der Waals surface area contributed by atoms with E-state index in [9.17, 15) is 14.7 Å². The molecule has 5 nitrogen and oxygen atoms in total. The zero-order valence-corrected chi connectivity index (χ0v) is 20.5. The third kappa shape index (κ3) is 2.67. The predicted octanol–water partition coefficient (Wildman–Crippen LogP) is 4.44. The highest BCUT2D eigenvalue weighted by Gasteiger charge is 2.71. The number of esters is 1. The third-order valence-corrected chi connectivity index (χ3v) is 11.5. The summed E-state index contributed by atoms with van der Waals surface area (Å²) in [6.07, 6.45) is 10.6. The van der Waals surface area contributed by atoms with Crippen LogP contribution in [0.3, 0.4) is 0 Å². The van der Waals surface area contributed by atoms with Crippen LogP contribution >= 0.6 is 0 Å². The van der Waals surface area contributed by atoms with Crippen molar-refractivity contribution in [2.75, 3.05) is 0 Å². The average molecular weight is 455 g/mol. The van der Waals surface area contributed by atoms with E-state index >= 15 is 0 Å². The van der Waals surface area contributed by atoms with Gasteiger partial charge in [0, 0.05) is 17.3 Å². The number of hydrogen-bond donors (Lipinski definition) is 1. The molecule has 0 spiro atoms. The second kappa shape index (κ2) is 6.81.